The van der Waals surface area contributed by atoms with E-state index in [9.17, 15) is 13.2 Å². The highest BCUT2D eigenvalue weighted by Gasteiger charge is 2.25. The van der Waals surface area contributed by atoms with E-state index in [1.165, 1.54) is 28.7 Å². The Kier molecular flexibility index (Phi) is 8.51. The van der Waals surface area contributed by atoms with Crippen LogP contribution in [0.25, 0.3) is 6.08 Å². The third-order valence-corrected chi connectivity index (χ3v) is 8.02. The molecule has 1 fully saturated rings. The molecule has 1 amide bonds. The third kappa shape index (κ3) is 7.14. The Morgan fingerprint density at radius 3 is 2.30 bits per heavy atom. The number of likely N-dealkylation sites (tertiary alicyclic amines) is 1. The van der Waals surface area contributed by atoms with Gasteiger partial charge in [0.2, 0.25) is 10.0 Å². The molecular formula is C29H30N4O3S. The van der Waals surface area contributed by atoms with Crippen LogP contribution in [-0.4, -0.2) is 45.4 Å². The normalized spacial score (nSPS) is 14.9. The van der Waals surface area contributed by atoms with Gasteiger partial charge in [0, 0.05) is 44.5 Å². The molecule has 0 unspecified atom stereocenters. The fraction of sp³-hybridized carbons (Fsp3) is 0.241. The molecule has 1 heterocycles. The van der Waals surface area contributed by atoms with Gasteiger partial charge in [0.15, 0.2) is 0 Å². The zero-order valence-electron chi connectivity index (χ0n) is 20.7. The molecule has 1 aliphatic heterocycles. The summed E-state index contributed by atoms with van der Waals surface area (Å²) < 4.78 is 28.8. The van der Waals surface area contributed by atoms with E-state index in [0.29, 0.717) is 11.3 Å². The van der Waals surface area contributed by atoms with E-state index < -0.39 is 10.0 Å². The number of amides is 1. The van der Waals surface area contributed by atoms with Gasteiger partial charge in [-0.3, -0.25) is 9.69 Å². The molecule has 0 aromatic heterocycles. The molecule has 1 saturated heterocycles. The number of likely N-dealkylation sites (N-methyl/N-ethyl adjacent to an activating group) is 1. The van der Waals surface area contributed by atoms with Gasteiger partial charge in [-0.05, 0) is 66.4 Å². The Bertz CT molecular complexity index is 1370. The topological polar surface area (TPSA) is 93.5 Å². The summed E-state index contributed by atoms with van der Waals surface area (Å²) in [5.74, 6) is -0.250. The van der Waals surface area contributed by atoms with Gasteiger partial charge in [-0.1, -0.05) is 42.5 Å². The number of benzene rings is 3. The Morgan fingerprint density at radius 2 is 1.68 bits per heavy atom. The van der Waals surface area contributed by atoms with Crippen molar-refractivity contribution in [2.75, 3.05) is 25.0 Å². The van der Waals surface area contributed by atoms with Crippen molar-refractivity contribution in [3.05, 3.63) is 102 Å². The number of rotatable bonds is 8. The Labute approximate surface area is 218 Å². The maximum atomic E-state index is 13.0. The quantitative estimate of drug-likeness (QED) is 0.455. The molecule has 3 aromatic carbocycles. The zero-order chi connectivity index (χ0) is 26.3. The summed E-state index contributed by atoms with van der Waals surface area (Å²) in [4.78, 5) is 16.6. The molecule has 3 aromatic rings. The van der Waals surface area contributed by atoms with Crippen molar-refractivity contribution in [1.82, 2.24) is 9.62 Å². The lowest BCUT2D eigenvalue weighted by atomic mass is 10.1. The number of nitrogens with one attached hydrogen (secondary N) is 1. The van der Waals surface area contributed by atoms with Gasteiger partial charge in [-0.15, -0.1) is 0 Å². The van der Waals surface area contributed by atoms with Crippen molar-refractivity contribution in [2.45, 2.75) is 30.3 Å². The molecule has 0 spiro atoms. The van der Waals surface area contributed by atoms with Crippen molar-refractivity contribution in [3.8, 4) is 6.07 Å². The number of nitrogens with zero attached hydrogens (tertiary/aromatic N) is 3. The number of carbonyl (C=O) groups excluding carboxylic acids is 1. The highest BCUT2D eigenvalue weighted by molar-refractivity contribution is 7.89. The number of anilines is 1. The number of hydrogen-bond acceptors (Lipinski definition) is 5. The lowest BCUT2D eigenvalue weighted by Gasteiger charge is -2.32. The first kappa shape index (κ1) is 26.3. The highest BCUT2D eigenvalue weighted by atomic mass is 32.2. The SMILES string of the molecule is CN(C(=O)/C=C/c1ccc(C#N)cc1)c1ccc(S(=O)(=O)NC2CCN(Cc3ccccc3)CC2)cc1. The van der Waals surface area contributed by atoms with Crippen LogP contribution in [0.15, 0.2) is 89.8 Å². The van der Waals surface area contributed by atoms with Crippen LogP contribution in [0, 0.1) is 11.3 Å². The van der Waals surface area contributed by atoms with Gasteiger partial charge in [0.05, 0.1) is 16.5 Å². The minimum absolute atomic E-state index is 0.103. The van der Waals surface area contributed by atoms with Gasteiger partial charge in [0.1, 0.15) is 0 Å². The fourth-order valence-electron chi connectivity index (χ4n) is 4.26. The maximum absolute atomic E-state index is 13.0. The van der Waals surface area contributed by atoms with Crippen molar-refractivity contribution >= 4 is 27.7 Å². The summed E-state index contributed by atoms with van der Waals surface area (Å²) in [7, 11) is -2.02. The molecule has 8 heteroatoms. The smallest absolute Gasteiger partial charge is 0.250 e. The molecule has 190 valence electrons. The third-order valence-electron chi connectivity index (χ3n) is 6.48. The number of hydrogen-bond donors (Lipinski definition) is 1. The fourth-order valence-corrected chi connectivity index (χ4v) is 5.57. The standard InChI is InChI=1S/C29H30N4O3S/c1-32(29(34)16-11-23-7-9-24(21-30)10-8-23)27-12-14-28(15-13-27)37(35,36)31-26-17-19-33(20-18-26)22-25-5-3-2-4-6-25/h2-16,26,31H,17-20,22H2,1H3/b16-11+. The summed E-state index contributed by atoms with van der Waals surface area (Å²) in [5.41, 5.74) is 3.20. The average molecular weight is 515 g/mol. The van der Waals surface area contributed by atoms with Crippen LogP contribution in [0.4, 0.5) is 5.69 Å². The molecule has 0 aliphatic carbocycles. The summed E-state index contributed by atoms with van der Waals surface area (Å²) in [6.07, 6.45) is 4.63. The summed E-state index contributed by atoms with van der Waals surface area (Å²) in [5, 5.41) is 8.88. The lowest BCUT2D eigenvalue weighted by molar-refractivity contribution is -0.113. The first-order valence-corrected chi connectivity index (χ1v) is 13.7. The predicted molar refractivity (Wildman–Crippen MR) is 145 cm³/mol. The maximum Gasteiger partial charge on any atom is 0.250 e. The molecule has 0 saturated carbocycles. The van der Waals surface area contributed by atoms with Gasteiger partial charge < -0.3 is 4.90 Å². The average Bonchev–Trinajstić information content (AvgIpc) is 2.93. The van der Waals surface area contributed by atoms with Crippen molar-refractivity contribution < 1.29 is 13.2 Å². The van der Waals surface area contributed by atoms with Crippen molar-refractivity contribution in [3.63, 3.8) is 0 Å². The minimum atomic E-state index is -3.66. The van der Waals surface area contributed by atoms with E-state index in [2.05, 4.69) is 27.8 Å². The van der Waals surface area contributed by atoms with Crippen LogP contribution in [0.1, 0.15) is 29.5 Å². The van der Waals surface area contributed by atoms with Gasteiger partial charge in [-0.25, -0.2) is 13.1 Å². The summed E-state index contributed by atoms with van der Waals surface area (Å²) >= 11 is 0. The van der Waals surface area contributed by atoms with Crippen LogP contribution >= 0.6 is 0 Å². The van der Waals surface area contributed by atoms with Gasteiger partial charge in [0.25, 0.3) is 5.91 Å². The Hall–Kier alpha value is -3.77. The largest absolute Gasteiger partial charge is 0.312 e. The number of sulfonamides is 1. The zero-order valence-corrected chi connectivity index (χ0v) is 21.6. The van der Waals surface area contributed by atoms with Crippen LogP contribution in [0.3, 0.4) is 0 Å². The molecule has 37 heavy (non-hydrogen) atoms. The molecule has 1 N–H and O–H groups in total. The minimum Gasteiger partial charge on any atom is -0.312 e. The molecule has 4 rings (SSSR count). The lowest BCUT2D eigenvalue weighted by Crippen LogP contribution is -2.44. The molecular weight excluding hydrogens is 484 g/mol. The molecule has 0 atom stereocenters. The van der Waals surface area contributed by atoms with Crippen molar-refractivity contribution in [2.24, 2.45) is 0 Å². The second-order valence-corrected chi connectivity index (χ2v) is 10.8. The van der Waals surface area contributed by atoms with E-state index >= 15 is 0 Å². The van der Waals surface area contributed by atoms with Gasteiger partial charge >= 0.3 is 0 Å². The number of carbonyl (C=O) groups is 1. The second-order valence-electron chi connectivity index (χ2n) is 9.12. The van der Waals surface area contributed by atoms with Crippen molar-refractivity contribution in [1.29, 1.82) is 5.26 Å². The first-order chi connectivity index (χ1) is 17.8. The first-order valence-electron chi connectivity index (χ1n) is 12.2. The molecule has 0 bridgehead atoms. The van der Waals surface area contributed by atoms with Gasteiger partial charge in [-0.2, -0.15) is 5.26 Å². The van der Waals surface area contributed by atoms with E-state index in [0.717, 1.165) is 38.0 Å². The molecule has 1 aliphatic rings. The van der Waals surface area contributed by atoms with E-state index in [1.807, 2.05) is 18.2 Å². The van der Waals surface area contributed by atoms with E-state index in [4.69, 9.17) is 5.26 Å². The van der Waals surface area contributed by atoms with Crippen LogP contribution < -0.4 is 9.62 Å². The summed E-state index contributed by atoms with van der Waals surface area (Å²) in [6.45, 7) is 2.55. The Balaban J connectivity index is 1.31. The Morgan fingerprint density at radius 1 is 1.03 bits per heavy atom. The monoisotopic (exact) mass is 514 g/mol. The van der Waals surface area contributed by atoms with Crippen LogP contribution in [0.5, 0.6) is 0 Å². The summed E-state index contributed by atoms with van der Waals surface area (Å²) in [6, 6.07) is 25.5. The predicted octanol–water partition coefficient (Wildman–Crippen LogP) is 4.18. The van der Waals surface area contributed by atoms with E-state index in [1.54, 1.807) is 49.5 Å². The highest BCUT2D eigenvalue weighted by Crippen LogP contribution is 2.20. The molecule has 7 nitrogen and oxygen atoms in total. The van der Waals surface area contributed by atoms with E-state index in [-0.39, 0.29) is 16.8 Å². The number of nitriles is 1. The van der Waals surface area contributed by atoms with Crippen LogP contribution in [0.2, 0.25) is 0 Å². The molecule has 0 radical (unpaired) electrons. The number of piperidine rings is 1. The second kappa shape index (κ2) is 12.0. The van der Waals surface area contributed by atoms with Crippen LogP contribution in [-0.2, 0) is 21.4 Å².